The van der Waals surface area contributed by atoms with Crippen LogP contribution in [0, 0.1) is 23.7 Å². The Kier molecular flexibility index (Phi) is 7.00. The highest BCUT2D eigenvalue weighted by atomic mass is 16.5. The number of fused-ring (bicyclic) bond motifs is 4. The molecule has 0 saturated heterocycles. The quantitative estimate of drug-likeness (QED) is 0.181. The molecule has 0 amide bonds. The van der Waals surface area contributed by atoms with Gasteiger partial charge in [0, 0.05) is 39.7 Å². The molecule has 0 N–H and O–H groups in total. The Bertz CT molecular complexity index is 2420. The third-order valence-corrected chi connectivity index (χ3v) is 15.0. The van der Waals surface area contributed by atoms with Gasteiger partial charge in [-0.15, -0.1) is 0 Å². The second-order valence-corrected chi connectivity index (χ2v) is 18.9. The number of ether oxygens (including phenoxy) is 1. The van der Waals surface area contributed by atoms with Gasteiger partial charge < -0.3 is 9.64 Å². The molecule has 270 valence electrons. The van der Waals surface area contributed by atoms with Gasteiger partial charge in [-0.1, -0.05) is 107 Å². The molecule has 4 bridgehead atoms. The Morgan fingerprint density at radius 2 is 1.04 bits per heavy atom. The molecule has 2 nitrogen and oxygen atoms in total. The molecule has 12 rings (SSSR count). The van der Waals surface area contributed by atoms with Crippen LogP contribution in [0.2, 0.25) is 0 Å². The van der Waals surface area contributed by atoms with Gasteiger partial charge in [0.05, 0.1) is 0 Å². The fourth-order valence-corrected chi connectivity index (χ4v) is 12.4. The summed E-state index contributed by atoms with van der Waals surface area (Å²) >= 11 is 0. The average Bonchev–Trinajstić information content (AvgIpc) is 3.18. The van der Waals surface area contributed by atoms with E-state index in [0.717, 1.165) is 34.7 Å². The summed E-state index contributed by atoms with van der Waals surface area (Å²) in [7, 11) is 0. The van der Waals surface area contributed by atoms with E-state index in [1.54, 1.807) is 0 Å². The summed E-state index contributed by atoms with van der Waals surface area (Å²) in [6.07, 6.45) is 9.30. The third kappa shape index (κ3) is 4.77. The predicted molar refractivity (Wildman–Crippen MR) is 224 cm³/mol. The summed E-state index contributed by atoms with van der Waals surface area (Å²) in [5, 5.41) is 2.54. The maximum atomic E-state index is 7.01. The van der Waals surface area contributed by atoms with E-state index in [4.69, 9.17) is 4.74 Å². The number of rotatable bonds is 4. The molecule has 0 unspecified atom stereocenters. The molecule has 54 heavy (non-hydrogen) atoms. The molecule has 6 aliphatic rings. The number of hydrogen-bond acceptors (Lipinski definition) is 2. The molecule has 2 heteroatoms. The van der Waals surface area contributed by atoms with E-state index < -0.39 is 0 Å². The lowest BCUT2D eigenvalue weighted by Gasteiger charge is -2.63. The first kappa shape index (κ1) is 32.6. The average molecular weight is 706 g/mol. The van der Waals surface area contributed by atoms with Crippen LogP contribution < -0.4 is 9.64 Å². The monoisotopic (exact) mass is 705 g/mol. The van der Waals surface area contributed by atoms with Crippen molar-refractivity contribution in [3.8, 4) is 22.6 Å². The van der Waals surface area contributed by atoms with E-state index in [1.807, 2.05) is 0 Å². The highest BCUT2D eigenvalue weighted by Gasteiger charge is 2.61. The van der Waals surface area contributed by atoms with E-state index in [2.05, 4.69) is 160 Å². The summed E-state index contributed by atoms with van der Waals surface area (Å²) in [6, 6.07) is 48.3. The first-order valence-electron chi connectivity index (χ1n) is 20.6. The first-order chi connectivity index (χ1) is 26.2. The SMILES string of the molecule is CC1(C)CCC(C)(C)c2cc(N(c3ccc(-c4ccc5ccccc5c4)cc3)c3ccc4c(c3)Oc3ccccc3C43C4CC5CC(C4)CC3C5)ccc21. The third-order valence-electron chi connectivity index (χ3n) is 15.0. The van der Waals surface area contributed by atoms with Crippen LogP contribution in [0.25, 0.3) is 21.9 Å². The van der Waals surface area contributed by atoms with Crippen LogP contribution in [-0.4, -0.2) is 0 Å². The van der Waals surface area contributed by atoms with Crippen molar-refractivity contribution < 1.29 is 4.74 Å². The maximum absolute atomic E-state index is 7.01. The molecule has 1 spiro atoms. The zero-order chi connectivity index (χ0) is 36.4. The Morgan fingerprint density at radius 1 is 0.463 bits per heavy atom. The van der Waals surface area contributed by atoms with E-state index in [0.29, 0.717) is 11.8 Å². The lowest BCUT2D eigenvalue weighted by Crippen LogP contribution is -2.56. The van der Waals surface area contributed by atoms with Gasteiger partial charge in [-0.05, 0) is 155 Å². The van der Waals surface area contributed by atoms with Crippen LogP contribution in [0.15, 0.2) is 127 Å². The molecule has 6 aromatic rings. The summed E-state index contributed by atoms with van der Waals surface area (Å²) in [6.45, 7) is 9.70. The van der Waals surface area contributed by atoms with Gasteiger partial charge in [0.2, 0.25) is 0 Å². The molecule has 6 aromatic carbocycles. The van der Waals surface area contributed by atoms with Crippen LogP contribution >= 0.6 is 0 Å². The van der Waals surface area contributed by atoms with E-state index in [9.17, 15) is 0 Å². The van der Waals surface area contributed by atoms with Crippen molar-refractivity contribution in [3.05, 3.63) is 150 Å². The largest absolute Gasteiger partial charge is 0.457 e. The van der Waals surface area contributed by atoms with Crippen molar-refractivity contribution in [1.82, 2.24) is 0 Å². The normalized spacial score (nSPS) is 26.5. The smallest absolute Gasteiger partial charge is 0.133 e. The van der Waals surface area contributed by atoms with Gasteiger partial charge in [-0.3, -0.25) is 0 Å². The van der Waals surface area contributed by atoms with Crippen molar-refractivity contribution in [2.45, 2.75) is 88.9 Å². The van der Waals surface area contributed by atoms with E-state index in [-0.39, 0.29) is 16.2 Å². The molecule has 4 saturated carbocycles. The van der Waals surface area contributed by atoms with Crippen molar-refractivity contribution in [3.63, 3.8) is 0 Å². The highest BCUT2D eigenvalue weighted by molar-refractivity contribution is 5.88. The van der Waals surface area contributed by atoms with Crippen molar-refractivity contribution >= 4 is 27.8 Å². The summed E-state index contributed by atoms with van der Waals surface area (Å²) < 4.78 is 7.01. The molecule has 1 heterocycles. The summed E-state index contributed by atoms with van der Waals surface area (Å²) in [4.78, 5) is 2.48. The number of para-hydroxylation sites is 1. The number of anilines is 3. The molecule has 0 radical (unpaired) electrons. The molecular weight excluding hydrogens is 655 g/mol. The molecular formula is C52H51NO. The van der Waals surface area contributed by atoms with E-state index >= 15 is 0 Å². The topological polar surface area (TPSA) is 12.5 Å². The Morgan fingerprint density at radius 3 is 1.78 bits per heavy atom. The molecule has 5 aliphatic carbocycles. The second-order valence-electron chi connectivity index (χ2n) is 18.9. The number of benzene rings is 6. The van der Waals surface area contributed by atoms with Crippen LogP contribution in [0.4, 0.5) is 17.1 Å². The highest BCUT2D eigenvalue weighted by Crippen LogP contribution is 2.69. The fourth-order valence-electron chi connectivity index (χ4n) is 12.4. The van der Waals surface area contributed by atoms with Gasteiger partial charge in [0.1, 0.15) is 11.5 Å². The maximum Gasteiger partial charge on any atom is 0.133 e. The Hall–Kier alpha value is -4.82. The molecule has 4 fully saturated rings. The van der Waals surface area contributed by atoms with Gasteiger partial charge in [0.25, 0.3) is 0 Å². The van der Waals surface area contributed by atoms with Crippen LogP contribution in [0.5, 0.6) is 11.5 Å². The van der Waals surface area contributed by atoms with Crippen molar-refractivity contribution in [2.24, 2.45) is 23.7 Å². The lowest BCUT2D eigenvalue weighted by molar-refractivity contribution is -0.0452. The number of hydrogen-bond donors (Lipinski definition) is 0. The standard InChI is InChI=1S/C52H51NO/c1-50(2)23-24-51(3,4)47-31-42(19-21-44(47)50)53(41-17-15-36(16-18-41)38-14-13-35-9-5-6-10-37(35)30-38)43-20-22-46-49(32-43)54-48-12-8-7-11-45(48)52(46)39-26-33-25-34(28-39)29-40(52)27-33/h5-22,30-34,39-40H,23-29H2,1-4H3. The van der Waals surface area contributed by atoms with Crippen molar-refractivity contribution in [1.29, 1.82) is 0 Å². The van der Waals surface area contributed by atoms with Gasteiger partial charge in [-0.2, -0.15) is 0 Å². The lowest BCUT2D eigenvalue weighted by atomic mass is 9.42. The zero-order valence-corrected chi connectivity index (χ0v) is 32.2. The minimum atomic E-state index is 0.0455. The summed E-state index contributed by atoms with van der Waals surface area (Å²) in [5.41, 5.74) is 12.1. The van der Waals surface area contributed by atoms with Crippen LogP contribution in [0.1, 0.15) is 94.9 Å². The number of nitrogens with zero attached hydrogens (tertiary/aromatic N) is 1. The van der Waals surface area contributed by atoms with Gasteiger partial charge in [0.15, 0.2) is 0 Å². The molecule has 0 atom stereocenters. The summed E-state index contributed by atoms with van der Waals surface area (Å²) in [5.74, 6) is 5.31. The zero-order valence-electron chi connectivity index (χ0n) is 32.2. The van der Waals surface area contributed by atoms with Crippen LogP contribution in [0.3, 0.4) is 0 Å². The first-order valence-corrected chi connectivity index (χ1v) is 20.6. The minimum absolute atomic E-state index is 0.0455. The minimum Gasteiger partial charge on any atom is -0.457 e. The van der Waals surface area contributed by atoms with Crippen LogP contribution in [-0.2, 0) is 16.2 Å². The van der Waals surface area contributed by atoms with Crippen molar-refractivity contribution in [2.75, 3.05) is 4.90 Å². The fraction of sp³-hybridized carbons (Fsp3) is 0.346. The van der Waals surface area contributed by atoms with Gasteiger partial charge in [-0.25, -0.2) is 0 Å². The van der Waals surface area contributed by atoms with E-state index in [1.165, 1.54) is 94.8 Å². The van der Waals surface area contributed by atoms with Gasteiger partial charge >= 0.3 is 0 Å². The molecule has 0 aromatic heterocycles. The second kappa shape index (κ2) is 11.6. The molecule has 1 aliphatic heterocycles. The Balaban J connectivity index is 1.06. The predicted octanol–water partition coefficient (Wildman–Crippen LogP) is 14.2. The Labute approximate surface area is 321 Å².